The number of fused-ring (bicyclic) bond motifs is 3. The predicted octanol–water partition coefficient (Wildman–Crippen LogP) is 3.81. The Morgan fingerprint density at radius 3 is 1.85 bits per heavy atom. The van der Waals surface area contributed by atoms with Gasteiger partial charge in [-0.25, -0.2) is 0 Å². The van der Waals surface area contributed by atoms with Crippen LogP contribution in [0.5, 0.6) is 0 Å². The fraction of sp³-hybridized carbons (Fsp3) is 0.250. The summed E-state index contributed by atoms with van der Waals surface area (Å²) in [5.41, 5.74) is 11.2. The van der Waals surface area contributed by atoms with Crippen LogP contribution in [0.1, 0.15) is 72.5 Å². The fourth-order valence-electron chi connectivity index (χ4n) is 6.00. The van der Waals surface area contributed by atoms with E-state index in [1.807, 2.05) is 12.2 Å². The second kappa shape index (κ2) is 12.6. The third kappa shape index (κ3) is 5.88. The zero-order chi connectivity index (χ0) is 26.3. The molecule has 0 saturated carbocycles. The normalized spacial score (nSPS) is 16.1. The third-order valence-electron chi connectivity index (χ3n) is 8.15. The first-order valence-electron chi connectivity index (χ1n) is 13.5. The molecule has 0 radical (unpaired) electrons. The third-order valence-corrected chi connectivity index (χ3v) is 16.6. The van der Waals surface area contributed by atoms with Gasteiger partial charge in [0.1, 0.15) is 0 Å². The zero-order valence-corrected chi connectivity index (χ0v) is 27.7. The molecule has 39 heavy (non-hydrogen) atoms. The van der Waals surface area contributed by atoms with Crippen molar-refractivity contribution >= 4 is 15.4 Å². The monoisotopic (exact) mass is 630 g/mol. The molecule has 5 rings (SSSR count). The van der Waals surface area contributed by atoms with Gasteiger partial charge in [-0.3, -0.25) is 0 Å². The van der Waals surface area contributed by atoms with Crippen molar-refractivity contribution in [3.8, 4) is 11.1 Å². The summed E-state index contributed by atoms with van der Waals surface area (Å²) in [4.78, 5) is 0. The van der Waals surface area contributed by atoms with Crippen molar-refractivity contribution in [1.29, 1.82) is 0 Å². The Labute approximate surface area is 255 Å². The van der Waals surface area contributed by atoms with E-state index < -0.39 is 21.3 Å². The van der Waals surface area contributed by atoms with Crippen molar-refractivity contribution in [2.24, 2.45) is 11.3 Å². The first kappa shape index (κ1) is 31.5. The average molecular weight is 633 g/mol. The molecule has 1 unspecified atom stereocenters. The minimum absolute atomic E-state index is 0. The Hall–Kier alpha value is -2.05. The molecule has 1 atom stereocenters. The molecule has 2 aliphatic carbocycles. The van der Waals surface area contributed by atoms with Crippen LogP contribution in [0.2, 0.25) is 0 Å². The van der Waals surface area contributed by atoms with Crippen molar-refractivity contribution in [2.45, 2.75) is 44.7 Å². The number of halogens is 2. The quantitative estimate of drug-likeness (QED) is 0.388. The van der Waals surface area contributed by atoms with Gasteiger partial charge in [0.05, 0.1) is 0 Å². The molecule has 0 N–H and O–H groups in total. The largest absolute Gasteiger partial charge is 1.00 e. The number of rotatable bonds is 6. The maximum Gasteiger partial charge on any atom is -1.00 e. The summed E-state index contributed by atoms with van der Waals surface area (Å²) in [5.74, 6) is 0.537. The van der Waals surface area contributed by atoms with Crippen molar-refractivity contribution < 1.29 is 46.1 Å². The molecule has 0 aliphatic heterocycles. The van der Waals surface area contributed by atoms with Gasteiger partial charge in [-0.15, -0.1) is 0 Å². The molecule has 0 aromatic heterocycles. The summed E-state index contributed by atoms with van der Waals surface area (Å²) in [6.45, 7) is 20.0. The van der Waals surface area contributed by atoms with E-state index >= 15 is 0 Å². The SMILES string of the molecule is C=Cc1ccc2c(c1)-c1cc(C=C)ccc1[CH]2/[Zr+2]([C]1=CC(C(C)(C)C)=CC1CC)=[C](\C)c1ccccc1.[Cl-].[Cl-]. The Morgan fingerprint density at radius 1 is 0.846 bits per heavy atom. The summed E-state index contributed by atoms with van der Waals surface area (Å²) in [5, 5.41) is 0. The van der Waals surface area contributed by atoms with Gasteiger partial charge in [0, 0.05) is 0 Å². The maximum atomic E-state index is 4.06. The molecular weight excluding hydrogens is 595 g/mol. The molecule has 3 heteroatoms. The van der Waals surface area contributed by atoms with E-state index in [0.29, 0.717) is 9.54 Å². The van der Waals surface area contributed by atoms with Gasteiger partial charge in [-0.2, -0.15) is 0 Å². The molecule has 3 aromatic carbocycles. The zero-order valence-electron chi connectivity index (χ0n) is 23.7. The molecule has 0 heterocycles. The van der Waals surface area contributed by atoms with Crippen LogP contribution in [0.15, 0.2) is 101 Å². The summed E-state index contributed by atoms with van der Waals surface area (Å²) in [6.07, 6.45) is 10.3. The van der Waals surface area contributed by atoms with Gasteiger partial charge in [-0.05, 0) is 0 Å². The van der Waals surface area contributed by atoms with Crippen LogP contribution in [-0.4, -0.2) is 3.21 Å². The van der Waals surface area contributed by atoms with E-state index in [1.165, 1.54) is 44.5 Å². The van der Waals surface area contributed by atoms with Gasteiger partial charge in [0.2, 0.25) is 0 Å². The van der Waals surface area contributed by atoms with E-state index in [9.17, 15) is 0 Å². The van der Waals surface area contributed by atoms with E-state index in [0.717, 1.165) is 6.42 Å². The van der Waals surface area contributed by atoms with Crippen LogP contribution in [0.4, 0.5) is 0 Å². The van der Waals surface area contributed by atoms with Crippen molar-refractivity contribution in [3.05, 3.63) is 129 Å². The molecule has 0 fully saturated rings. The molecule has 3 aromatic rings. The van der Waals surface area contributed by atoms with Crippen LogP contribution in [0, 0.1) is 11.3 Å². The van der Waals surface area contributed by atoms with Crippen LogP contribution >= 0.6 is 0 Å². The second-order valence-electron chi connectivity index (χ2n) is 11.4. The van der Waals surface area contributed by atoms with E-state index in [1.54, 1.807) is 6.49 Å². The molecule has 2 aliphatic rings. The van der Waals surface area contributed by atoms with Crippen LogP contribution in [-0.2, 0) is 21.3 Å². The first-order chi connectivity index (χ1) is 17.8. The Kier molecular flexibility index (Phi) is 10.2. The first-order valence-corrected chi connectivity index (χ1v) is 17.4. The van der Waals surface area contributed by atoms with Gasteiger partial charge in [-0.1, -0.05) is 0 Å². The predicted molar refractivity (Wildman–Crippen MR) is 160 cm³/mol. The molecular formula is C36H38Cl2Zr. The molecule has 0 spiro atoms. The van der Waals surface area contributed by atoms with Crippen molar-refractivity contribution in [3.63, 3.8) is 0 Å². The standard InChI is InChI=1S/C17H13.C11H17.C8H8.2ClH.Zr/c1-3-12-5-7-14-11-15-8-6-13(4-2)10-17(15)16(14)9-12;1-5-9-6-7-10(8-9)11(2,3)4;1-2-8-6-4-3-5-7-8;;;/h3-11H,1-2H2;7-9H,5H2,1-4H3;3-7H,1H3;2*1H;/q;;;;;+2/p-2. The molecule has 0 saturated heterocycles. The summed E-state index contributed by atoms with van der Waals surface area (Å²) in [6, 6.07) is 25.2. The van der Waals surface area contributed by atoms with Crippen molar-refractivity contribution in [1.82, 2.24) is 0 Å². The summed E-state index contributed by atoms with van der Waals surface area (Å²) in [7, 11) is 0. The Bertz CT molecular complexity index is 1420. The van der Waals surface area contributed by atoms with Crippen LogP contribution < -0.4 is 24.8 Å². The number of benzene rings is 3. The average Bonchev–Trinajstić information content (AvgIpc) is 3.49. The number of hydrogen-bond acceptors (Lipinski definition) is 0. The molecule has 0 nitrogen and oxygen atoms in total. The number of allylic oxidation sites excluding steroid dienone is 4. The smallest absolute Gasteiger partial charge is 1.00 e. The van der Waals surface area contributed by atoms with Gasteiger partial charge >= 0.3 is 232 Å². The van der Waals surface area contributed by atoms with Gasteiger partial charge < -0.3 is 24.8 Å². The minimum Gasteiger partial charge on any atom is -1.00 e. The Morgan fingerprint density at radius 2 is 1.38 bits per heavy atom. The van der Waals surface area contributed by atoms with Gasteiger partial charge in [0.25, 0.3) is 0 Å². The maximum absolute atomic E-state index is 4.06. The molecule has 0 bridgehead atoms. The van der Waals surface area contributed by atoms with Crippen molar-refractivity contribution in [2.75, 3.05) is 0 Å². The van der Waals surface area contributed by atoms with Gasteiger partial charge in [0.15, 0.2) is 0 Å². The Balaban J connectivity index is 0.00000210. The van der Waals surface area contributed by atoms with E-state index in [4.69, 9.17) is 0 Å². The van der Waals surface area contributed by atoms with E-state index in [-0.39, 0.29) is 30.2 Å². The number of hydrogen-bond donors (Lipinski definition) is 0. The molecule has 0 amide bonds. The van der Waals surface area contributed by atoms with Crippen LogP contribution in [0.3, 0.4) is 0 Å². The summed E-state index contributed by atoms with van der Waals surface area (Å²) >= 11 is -2.51. The minimum atomic E-state index is -2.51. The molecule has 200 valence electrons. The second-order valence-corrected chi connectivity index (χ2v) is 18.1. The fourth-order valence-corrected chi connectivity index (χ4v) is 15.3. The topological polar surface area (TPSA) is 0 Å². The summed E-state index contributed by atoms with van der Waals surface area (Å²) < 4.78 is 3.85. The van der Waals surface area contributed by atoms with E-state index in [2.05, 4.69) is 127 Å². The van der Waals surface area contributed by atoms with Crippen LogP contribution in [0.25, 0.3) is 23.3 Å².